The maximum atomic E-state index is 14.1. The predicted octanol–water partition coefficient (Wildman–Crippen LogP) is 8.12. The Hall–Kier alpha value is -6.80. The molecule has 26 heteroatoms. The van der Waals surface area contributed by atoms with Gasteiger partial charge in [-0.3, -0.25) is 33.6 Å². The van der Waals surface area contributed by atoms with Gasteiger partial charge in [-0.05, 0) is 195 Å². The Bertz CT molecular complexity index is 3100. The number of carbonyl (C=O) groups is 7. The van der Waals surface area contributed by atoms with Crippen LogP contribution in [-0.2, 0) is 52.8 Å². The number of hydrogen-bond donors (Lipinski definition) is 7. The third kappa shape index (κ3) is 18.9. The summed E-state index contributed by atoms with van der Waals surface area (Å²) >= 11 is 0. The van der Waals surface area contributed by atoms with E-state index in [1.165, 1.54) is 13.8 Å². The second kappa shape index (κ2) is 32.5. The Morgan fingerprint density at radius 3 is 1.07 bits per heavy atom. The second-order valence-corrected chi connectivity index (χ2v) is 27.9. The highest BCUT2D eigenvalue weighted by atomic mass is 19.2. The van der Waals surface area contributed by atoms with E-state index in [0.29, 0.717) is 82.5 Å². The van der Waals surface area contributed by atoms with Gasteiger partial charge in [0.05, 0.1) is 0 Å². The number of halogens is 9. The first-order chi connectivity index (χ1) is 44.9. The van der Waals surface area contributed by atoms with Crippen molar-refractivity contribution in [2.45, 2.75) is 242 Å². The van der Waals surface area contributed by atoms with E-state index in [2.05, 4.69) is 21.3 Å². The maximum absolute atomic E-state index is 14.1. The van der Waals surface area contributed by atoms with Crippen LogP contribution in [0.4, 0.5) is 39.5 Å². The second-order valence-electron chi connectivity index (χ2n) is 27.9. The highest BCUT2D eigenvalue weighted by molar-refractivity contribution is 5.90. The summed E-state index contributed by atoms with van der Waals surface area (Å²) < 4.78 is 122. The molecule has 95 heavy (non-hydrogen) atoms. The fourth-order valence-corrected chi connectivity index (χ4v) is 15.3. The minimum absolute atomic E-state index is 0.0148. The van der Waals surface area contributed by atoms with E-state index in [0.717, 1.165) is 69.6 Å². The summed E-state index contributed by atoms with van der Waals surface area (Å²) in [5.74, 6) is -10.2. The summed E-state index contributed by atoms with van der Waals surface area (Å²) in [7, 11) is 0. The molecule has 7 aliphatic rings. The third-order valence-electron chi connectivity index (χ3n) is 20.4. The molecule has 7 amide bonds. The Balaban J connectivity index is 0.000000183. The first-order valence-corrected chi connectivity index (χ1v) is 33.6. The monoisotopic (exact) mass is 1340 g/mol. The van der Waals surface area contributed by atoms with Crippen molar-refractivity contribution in [3.63, 3.8) is 0 Å². The molecular formula is C69H93F9N10O7. The van der Waals surface area contributed by atoms with Gasteiger partial charge in [-0.1, -0.05) is 13.8 Å². The van der Waals surface area contributed by atoms with Crippen molar-refractivity contribution in [2.24, 2.45) is 46.8 Å². The van der Waals surface area contributed by atoms with Crippen LogP contribution in [0.5, 0.6) is 0 Å². The number of nitrogens with two attached hydrogens (primary N) is 3. The number of hydrogen-bond acceptors (Lipinski definition) is 10. The lowest BCUT2D eigenvalue weighted by Crippen LogP contribution is -2.56. The van der Waals surface area contributed by atoms with Gasteiger partial charge in [0.2, 0.25) is 41.4 Å². The number of nitrogens with zero attached hydrogens (tertiary/aromatic N) is 3. The minimum atomic E-state index is -1.23. The SMILES string of the molecule is CC(=O)NCCCC[C@H](NC(C)=O)C(=O)N1[C@@H]2CC[C@H]1CC([C@H](N)Cc1cc(F)c(F)cc1F)C2.CC(C)C(=O)N[C@H](C)C(=O)N1[C@@H]2CC[C@H]1CC([C@H](N)Cc1cc(F)c(F)cc1F)C2.C[C@@H](NC(=O)C1CC1)C(=O)N1[C@@H]2CC[C@H]1CC([C@H](N)Cc1cc(F)c(F)cc1F)C2. The lowest BCUT2D eigenvalue weighted by molar-refractivity contribution is -0.141. The Morgan fingerprint density at radius 2 is 0.758 bits per heavy atom. The van der Waals surface area contributed by atoms with Gasteiger partial charge in [-0.15, -0.1) is 0 Å². The fourth-order valence-electron chi connectivity index (χ4n) is 15.3. The molecule has 0 aromatic heterocycles. The van der Waals surface area contributed by atoms with E-state index in [1.54, 1.807) is 27.7 Å². The van der Waals surface area contributed by atoms with Gasteiger partial charge in [0.15, 0.2) is 34.9 Å². The zero-order chi connectivity index (χ0) is 69.4. The molecule has 6 saturated heterocycles. The van der Waals surface area contributed by atoms with E-state index >= 15 is 0 Å². The molecule has 1 aliphatic carbocycles. The van der Waals surface area contributed by atoms with Gasteiger partial charge in [-0.2, -0.15) is 0 Å². The van der Waals surface area contributed by atoms with Gasteiger partial charge < -0.3 is 53.2 Å². The van der Waals surface area contributed by atoms with E-state index in [1.807, 2.05) is 14.7 Å². The van der Waals surface area contributed by atoms with E-state index in [4.69, 9.17) is 17.2 Å². The van der Waals surface area contributed by atoms with Crippen LogP contribution in [0.3, 0.4) is 0 Å². The molecule has 524 valence electrons. The molecule has 1 saturated carbocycles. The molecule has 3 unspecified atom stereocenters. The largest absolute Gasteiger partial charge is 0.356 e. The summed E-state index contributed by atoms with van der Waals surface area (Å²) in [4.78, 5) is 91.7. The van der Waals surface area contributed by atoms with Crippen molar-refractivity contribution in [2.75, 3.05) is 6.54 Å². The molecule has 0 radical (unpaired) electrons. The van der Waals surface area contributed by atoms with Crippen LogP contribution in [0.25, 0.3) is 0 Å². The molecule has 10 N–H and O–H groups in total. The topological polar surface area (TPSA) is 255 Å². The van der Waals surface area contributed by atoms with E-state index < -0.39 is 88.6 Å². The van der Waals surface area contributed by atoms with Crippen molar-refractivity contribution in [3.8, 4) is 0 Å². The summed E-state index contributed by atoms with van der Waals surface area (Å²) in [5.41, 5.74) is 19.2. The predicted molar refractivity (Wildman–Crippen MR) is 336 cm³/mol. The lowest BCUT2D eigenvalue weighted by atomic mass is 9.82. The van der Waals surface area contributed by atoms with Crippen molar-refractivity contribution >= 4 is 41.4 Å². The van der Waals surface area contributed by atoms with Crippen LogP contribution in [0.1, 0.15) is 167 Å². The lowest BCUT2D eigenvalue weighted by Gasteiger charge is -2.42. The number of unbranched alkanes of at least 4 members (excludes halogenated alkanes) is 1. The zero-order valence-corrected chi connectivity index (χ0v) is 55.0. The van der Waals surface area contributed by atoms with Crippen molar-refractivity contribution in [1.29, 1.82) is 0 Å². The van der Waals surface area contributed by atoms with Crippen LogP contribution in [0, 0.1) is 81.9 Å². The highest BCUT2D eigenvalue weighted by Gasteiger charge is 2.49. The van der Waals surface area contributed by atoms with Crippen molar-refractivity contribution in [1.82, 2.24) is 36.0 Å². The summed E-state index contributed by atoms with van der Waals surface area (Å²) in [6, 6.07) is 1.31. The normalized spacial score (nSPS) is 25.2. The van der Waals surface area contributed by atoms with Crippen LogP contribution in [0.2, 0.25) is 0 Å². The molecule has 3 aromatic carbocycles. The third-order valence-corrected chi connectivity index (χ3v) is 20.4. The molecule has 10 rings (SSSR count). The van der Waals surface area contributed by atoms with Gasteiger partial charge in [0, 0.05) is 105 Å². The first-order valence-electron chi connectivity index (χ1n) is 33.6. The number of rotatable bonds is 22. The number of benzene rings is 3. The average molecular weight is 1350 g/mol. The molecule has 6 aliphatic heterocycles. The molecule has 7 fully saturated rings. The number of amides is 7. The van der Waals surface area contributed by atoms with Gasteiger partial charge in [0.25, 0.3) is 0 Å². The average Bonchev–Trinajstić information content (AvgIpc) is 1.68. The van der Waals surface area contributed by atoms with Gasteiger partial charge >= 0.3 is 0 Å². The van der Waals surface area contributed by atoms with E-state index in [9.17, 15) is 73.1 Å². The molecule has 3 aromatic rings. The summed E-state index contributed by atoms with van der Waals surface area (Å²) in [6.07, 6.45) is 13.1. The number of piperidine rings is 3. The molecular weight excluding hydrogens is 1250 g/mol. The van der Waals surface area contributed by atoms with Crippen molar-refractivity contribution < 1.29 is 73.1 Å². The Morgan fingerprint density at radius 1 is 0.432 bits per heavy atom. The quantitative estimate of drug-likeness (QED) is 0.0289. The molecule has 6 bridgehead atoms. The maximum Gasteiger partial charge on any atom is 0.245 e. The first kappa shape index (κ1) is 74.0. The summed E-state index contributed by atoms with van der Waals surface area (Å²) in [6.45, 7) is 10.3. The number of nitrogens with one attached hydrogen (secondary N) is 4. The molecule has 15 atom stereocenters. The molecule has 6 heterocycles. The van der Waals surface area contributed by atoms with Crippen LogP contribution >= 0.6 is 0 Å². The number of fused-ring (bicyclic) bond motifs is 6. The molecule has 17 nitrogen and oxygen atoms in total. The zero-order valence-electron chi connectivity index (χ0n) is 55.0. The van der Waals surface area contributed by atoms with Crippen molar-refractivity contribution in [3.05, 3.63) is 105 Å². The molecule has 0 spiro atoms. The smallest absolute Gasteiger partial charge is 0.245 e. The Labute approximate surface area is 549 Å². The van der Waals surface area contributed by atoms with Crippen LogP contribution in [0.15, 0.2) is 36.4 Å². The van der Waals surface area contributed by atoms with Crippen LogP contribution < -0.4 is 38.5 Å². The minimum Gasteiger partial charge on any atom is -0.356 e. The van der Waals surface area contributed by atoms with Crippen LogP contribution in [-0.4, -0.2) is 135 Å². The fraction of sp³-hybridized carbons (Fsp3) is 0.638. The van der Waals surface area contributed by atoms with E-state index in [-0.39, 0.29) is 143 Å². The van der Waals surface area contributed by atoms with Gasteiger partial charge in [-0.25, -0.2) is 39.5 Å². The number of carbonyl (C=O) groups excluding carboxylic acids is 7. The summed E-state index contributed by atoms with van der Waals surface area (Å²) in [5, 5.41) is 11.1. The Kier molecular flexibility index (Phi) is 25.3. The standard InChI is InChI=1S/C25H35F3N4O3.C22H28F3N3O2.C22H30F3N3O2/c1-14(33)30-8-4-3-5-24(31-15(2)34)25(35)32-18-6-7-19(32)10-17(9-18)23(29)12-16-11-21(27)22(28)13-20(16)26;1-11(27-21(29)12-2-3-12)22(30)28-15-4-5-16(28)7-14(6-15)20(26)9-13-8-18(24)19(25)10-17(13)23;1-11(2)21(29)27-12(3)22(30)28-15-4-5-16(28)7-14(6-15)20(26)9-13-8-18(24)19(25)10-17(13)23/h11,13,17-19,23-24H,3-10,12,29H2,1-2H3,(H,30,33)(H,31,34);8,10-12,14-16,20H,2-7,9,26H2,1H3,(H,27,29);8,10-12,14-16,20H,4-7,9,26H2,1-3H3,(H,27,29)/t17?,18-,19+,23-,24+;11-,14?,15-,16+,20-;12-,14?,15-,16+,20-/m111/s1. The highest BCUT2D eigenvalue weighted by Crippen LogP contribution is 2.44. The van der Waals surface area contributed by atoms with Gasteiger partial charge in [0.1, 0.15) is 35.6 Å².